The normalized spacial score (nSPS) is 35.9. The van der Waals surface area contributed by atoms with Crippen LogP contribution in [0.5, 0.6) is 0 Å². The molecule has 6 heteroatoms. The number of nitrogens with one attached hydrogen (secondary N) is 4. The first kappa shape index (κ1) is 17.0. The maximum atomic E-state index is 12.0. The van der Waals surface area contributed by atoms with Gasteiger partial charge in [0.1, 0.15) is 6.23 Å². The zero-order valence-corrected chi connectivity index (χ0v) is 14.3. The van der Waals surface area contributed by atoms with Gasteiger partial charge in [-0.2, -0.15) is 5.48 Å². The summed E-state index contributed by atoms with van der Waals surface area (Å²) < 4.78 is 0. The van der Waals surface area contributed by atoms with E-state index in [0.29, 0.717) is 17.9 Å². The molecule has 6 nitrogen and oxygen atoms in total. The van der Waals surface area contributed by atoms with Crippen LogP contribution >= 0.6 is 0 Å². The number of rotatable bonds is 4. The fraction of sp³-hybridized carbons (Fsp3) is 0.941. The minimum absolute atomic E-state index is 0.0281. The standard InChI is InChI=1S/C17H32N4O2/c1-12-19-16(21-23-12)14-9-7-13(8-10-14)11-18-17(22)20-15-5-3-2-4-6-15/h12-16,19,21H,2-11H2,1H3,(H2,18,20,22). The Bertz CT molecular complexity index is 379. The van der Waals surface area contributed by atoms with Gasteiger partial charge in [0.25, 0.3) is 0 Å². The lowest BCUT2D eigenvalue weighted by atomic mass is 9.80. The second-order valence-electron chi connectivity index (χ2n) is 7.49. The molecule has 2 saturated carbocycles. The Labute approximate surface area is 139 Å². The summed E-state index contributed by atoms with van der Waals surface area (Å²) >= 11 is 0. The van der Waals surface area contributed by atoms with Gasteiger partial charge < -0.3 is 10.6 Å². The van der Waals surface area contributed by atoms with Crippen LogP contribution in [0.15, 0.2) is 0 Å². The van der Waals surface area contributed by atoms with Crippen LogP contribution in [0, 0.1) is 11.8 Å². The molecule has 0 spiro atoms. The molecular weight excluding hydrogens is 292 g/mol. The van der Waals surface area contributed by atoms with E-state index in [1.54, 1.807) is 0 Å². The molecule has 2 amide bonds. The zero-order valence-electron chi connectivity index (χ0n) is 14.3. The van der Waals surface area contributed by atoms with Crippen LogP contribution < -0.4 is 21.4 Å². The van der Waals surface area contributed by atoms with E-state index in [-0.39, 0.29) is 18.4 Å². The number of hydrogen-bond donors (Lipinski definition) is 4. The van der Waals surface area contributed by atoms with E-state index in [1.807, 2.05) is 6.92 Å². The molecule has 1 saturated heterocycles. The highest BCUT2D eigenvalue weighted by Crippen LogP contribution is 2.31. The highest BCUT2D eigenvalue weighted by Gasteiger charge is 2.32. The molecule has 0 aromatic heterocycles. The number of hydroxylamine groups is 1. The van der Waals surface area contributed by atoms with Gasteiger partial charge in [-0.05, 0) is 57.3 Å². The summed E-state index contributed by atoms with van der Waals surface area (Å²) in [6.45, 7) is 2.83. The molecule has 2 unspecified atom stereocenters. The third-order valence-corrected chi connectivity index (χ3v) is 5.64. The number of carbonyl (C=O) groups is 1. The predicted octanol–water partition coefficient (Wildman–Crippen LogP) is 2.22. The second-order valence-corrected chi connectivity index (χ2v) is 7.49. The smallest absolute Gasteiger partial charge is 0.315 e. The van der Waals surface area contributed by atoms with Gasteiger partial charge in [-0.3, -0.25) is 10.2 Å². The quantitative estimate of drug-likeness (QED) is 0.640. The summed E-state index contributed by atoms with van der Waals surface area (Å²) in [5.74, 6) is 1.25. The van der Waals surface area contributed by atoms with Crippen molar-refractivity contribution in [2.45, 2.75) is 83.1 Å². The lowest BCUT2D eigenvalue weighted by Crippen LogP contribution is -2.45. The van der Waals surface area contributed by atoms with Crippen LogP contribution in [0.1, 0.15) is 64.7 Å². The largest absolute Gasteiger partial charge is 0.338 e. The third kappa shape index (κ3) is 5.06. The van der Waals surface area contributed by atoms with Gasteiger partial charge in [0.05, 0.1) is 6.17 Å². The molecule has 2 aliphatic carbocycles. The van der Waals surface area contributed by atoms with Gasteiger partial charge >= 0.3 is 6.03 Å². The zero-order chi connectivity index (χ0) is 16.1. The molecule has 2 atom stereocenters. The average molecular weight is 324 g/mol. The average Bonchev–Trinajstić information content (AvgIpc) is 3.01. The van der Waals surface area contributed by atoms with E-state index in [1.165, 1.54) is 44.9 Å². The van der Waals surface area contributed by atoms with E-state index in [9.17, 15) is 4.79 Å². The highest BCUT2D eigenvalue weighted by molar-refractivity contribution is 5.74. The van der Waals surface area contributed by atoms with Crippen molar-refractivity contribution in [1.29, 1.82) is 0 Å². The van der Waals surface area contributed by atoms with Gasteiger partial charge in [-0.15, -0.1) is 0 Å². The molecule has 3 rings (SSSR count). The van der Waals surface area contributed by atoms with Gasteiger partial charge in [-0.25, -0.2) is 4.79 Å². The van der Waals surface area contributed by atoms with Crippen molar-refractivity contribution in [3.8, 4) is 0 Å². The molecule has 0 aromatic rings. The van der Waals surface area contributed by atoms with Crippen LogP contribution in [-0.4, -0.2) is 31.0 Å². The maximum absolute atomic E-state index is 12.0. The molecule has 0 bridgehead atoms. The van der Waals surface area contributed by atoms with Crippen molar-refractivity contribution >= 4 is 6.03 Å². The van der Waals surface area contributed by atoms with Crippen LogP contribution in [0.3, 0.4) is 0 Å². The van der Waals surface area contributed by atoms with Crippen molar-refractivity contribution < 1.29 is 9.63 Å². The molecular formula is C17H32N4O2. The SMILES string of the molecule is CC1NC(C2CCC(CNC(=O)NC3CCCCC3)CC2)NO1. The van der Waals surface area contributed by atoms with Crippen molar-refractivity contribution in [2.24, 2.45) is 11.8 Å². The van der Waals surface area contributed by atoms with Gasteiger partial charge in [-0.1, -0.05) is 19.3 Å². The maximum Gasteiger partial charge on any atom is 0.315 e. The van der Waals surface area contributed by atoms with Crippen LogP contribution in [0.4, 0.5) is 4.79 Å². The molecule has 132 valence electrons. The third-order valence-electron chi connectivity index (χ3n) is 5.64. The van der Waals surface area contributed by atoms with Crippen LogP contribution in [0.2, 0.25) is 0 Å². The Morgan fingerprint density at radius 3 is 2.48 bits per heavy atom. The molecule has 0 aromatic carbocycles. The summed E-state index contributed by atoms with van der Waals surface area (Å²) in [5.41, 5.74) is 3.10. The first-order valence-electron chi connectivity index (χ1n) is 9.42. The lowest BCUT2D eigenvalue weighted by Gasteiger charge is -2.31. The van der Waals surface area contributed by atoms with E-state index >= 15 is 0 Å². The van der Waals surface area contributed by atoms with Crippen LogP contribution in [-0.2, 0) is 4.84 Å². The molecule has 23 heavy (non-hydrogen) atoms. The van der Waals surface area contributed by atoms with E-state index < -0.39 is 0 Å². The molecule has 3 aliphatic rings. The van der Waals surface area contributed by atoms with Gasteiger partial charge in [0.15, 0.2) is 0 Å². The minimum atomic E-state index is 0.0281. The van der Waals surface area contributed by atoms with Crippen molar-refractivity contribution in [1.82, 2.24) is 21.4 Å². The van der Waals surface area contributed by atoms with Crippen molar-refractivity contribution in [3.05, 3.63) is 0 Å². The topological polar surface area (TPSA) is 74.4 Å². The Kier molecular flexibility index (Phi) is 6.14. The fourth-order valence-electron chi connectivity index (χ4n) is 4.17. The highest BCUT2D eigenvalue weighted by atomic mass is 16.7. The van der Waals surface area contributed by atoms with Crippen LogP contribution in [0.25, 0.3) is 0 Å². The monoisotopic (exact) mass is 324 g/mol. The Balaban J connectivity index is 1.30. The Hall–Kier alpha value is -0.850. The predicted molar refractivity (Wildman–Crippen MR) is 89.5 cm³/mol. The Morgan fingerprint density at radius 2 is 1.83 bits per heavy atom. The Morgan fingerprint density at radius 1 is 1.09 bits per heavy atom. The summed E-state index contributed by atoms with van der Waals surface area (Å²) in [6.07, 6.45) is 11.2. The lowest BCUT2D eigenvalue weighted by molar-refractivity contribution is 0.0252. The first-order chi connectivity index (χ1) is 11.2. The summed E-state index contributed by atoms with van der Waals surface area (Å²) in [5, 5.41) is 9.64. The first-order valence-corrected chi connectivity index (χ1v) is 9.42. The molecule has 1 heterocycles. The van der Waals surface area contributed by atoms with Gasteiger partial charge in [0.2, 0.25) is 0 Å². The summed E-state index contributed by atoms with van der Waals surface area (Å²) in [4.78, 5) is 17.4. The van der Waals surface area contributed by atoms with Crippen molar-refractivity contribution in [2.75, 3.05) is 6.54 Å². The van der Waals surface area contributed by atoms with E-state index in [0.717, 1.165) is 19.4 Å². The van der Waals surface area contributed by atoms with E-state index in [2.05, 4.69) is 21.4 Å². The number of urea groups is 1. The fourth-order valence-corrected chi connectivity index (χ4v) is 4.17. The molecule has 1 aliphatic heterocycles. The number of amides is 2. The summed E-state index contributed by atoms with van der Waals surface area (Å²) in [6, 6.07) is 0.418. The molecule has 3 fully saturated rings. The number of carbonyl (C=O) groups excluding carboxylic acids is 1. The van der Waals surface area contributed by atoms with Crippen molar-refractivity contribution in [3.63, 3.8) is 0 Å². The second kappa shape index (κ2) is 8.31. The minimum Gasteiger partial charge on any atom is -0.338 e. The molecule has 0 radical (unpaired) electrons. The van der Waals surface area contributed by atoms with Gasteiger partial charge in [0, 0.05) is 12.6 Å². The van der Waals surface area contributed by atoms with E-state index in [4.69, 9.17) is 4.84 Å². The number of hydrogen-bond acceptors (Lipinski definition) is 4. The summed E-state index contributed by atoms with van der Waals surface area (Å²) in [7, 11) is 0. The molecule has 4 N–H and O–H groups in total.